The van der Waals surface area contributed by atoms with Gasteiger partial charge in [-0.25, -0.2) is 8.78 Å². The second-order valence-electron chi connectivity index (χ2n) is 11.5. The number of hydrogen-bond donors (Lipinski definition) is 0. The van der Waals surface area contributed by atoms with E-state index in [4.69, 9.17) is 26.0 Å². The third-order valence-corrected chi connectivity index (χ3v) is 12.5. The van der Waals surface area contributed by atoms with Crippen LogP contribution in [0.1, 0.15) is 57.5 Å². The number of halogens is 3. The molecule has 0 bridgehead atoms. The first-order valence-corrected chi connectivity index (χ1v) is 16.4. The van der Waals surface area contributed by atoms with Gasteiger partial charge in [-0.1, -0.05) is 81.4 Å². The molecule has 0 aromatic heterocycles. The average molecular weight is 613 g/mol. The van der Waals surface area contributed by atoms with Crippen molar-refractivity contribution >= 4 is 41.8 Å². The molecule has 1 fully saturated rings. The van der Waals surface area contributed by atoms with Crippen molar-refractivity contribution in [2.75, 3.05) is 23.9 Å². The Balaban J connectivity index is 0.00000155. The zero-order valence-electron chi connectivity index (χ0n) is 25.1. The van der Waals surface area contributed by atoms with E-state index in [0.717, 1.165) is 10.4 Å². The summed E-state index contributed by atoms with van der Waals surface area (Å²) in [4.78, 5) is 14.3. The second-order valence-corrected chi connectivity index (χ2v) is 16.0. The van der Waals surface area contributed by atoms with E-state index in [0.29, 0.717) is 18.7 Å². The Morgan fingerprint density at radius 1 is 1.02 bits per heavy atom. The lowest BCUT2D eigenvalue weighted by Crippen LogP contribution is -2.66. The van der Waals surface area contributed by atoms with Gasteiger partial charge >= 0.3 is 0 Å². The Morgan fingerprint density at radius 2 is 1.50 bits per heavy atom. The quantitative estimate of drug-likeness (QED) is 0.163. The fraction of sp³-hybridized carbons (Fsp3) is 0.394. The largest absolute Gasteiger partial charge is 0.403 e. The van der Waals surface area contributed by atoms with E-state index in [1.807, 2.05) is 50.2 Å². The van der Waals surface area contributed by atoms with Gasteiger partial charge in [0.05, 0.1) is 42.0 Å². The van der Waals surface area contributed by atoms with E-state index in [1.54, 1.807) is 11.0 Å². The van der Waals surface area contributed by atoms with Gasteiger partial charge in [0.25, 0.3) is 8.32 Å². The van der Waals surface area contributed by atoms with Crippen molar-refractivity contribution in [1.82, 2.24) is 0 Å². The molecule has 3 aromatic rings. The van der Waals surface area contributed by atoms with Gasteiger partial charge in [0, 0.05) is 25.6 Å². The molecule has 4 rings (SSSR count). The molecule has 0 saturated carbocycles. The monoisotopic (exact) mass is 612 g/mol. The van der Waals surface area contributed by atoms with Gasteiger partial charge in [-0.05, 0) is 35.3 Å². The maximum Gasteiger partial charge on any atom is 0.261 e. The van der Waals surface area contributed by atoms with E-state index in [2.05, 4.69) is 45.0 Å². The number of carbonyl (C=O) groups excluding carboxylic acids is 1. The number of ketones is 1. The van der Waals surface area contributed by atoms with Crippen molar-refractivity contribution in [3.8, 4) is 6.07 Å². The SMILES string of the molecule is CC#N.C[C@@H]1CN(c2c(CO[Si](c3ccccc3)(c3ccccc3)C(C)(C)C)cc(C(=O)CCl)c(F)c2F)C[C@H](C)O1. The number of alkyl halides is 1. The molecule has 0 unspecified atom stereocenters. The summed E-state index contributed by atoms with van der Waals surface area (Å²) in [6, 6.07) is 23.4. The summed E-state index contributed by atoms with van der Waals surface area (Å²) in [5, 5.41) is 9.14. The third kappa shape index (κ3) is 7.09. The number of ether oxygens (including phenoxy) is 1. The first-order valence-electron chi connectivity index (χ1n) is 14.0. The Bertz CT molecular complexity index is 1340. The molecule has 0 radical (unpaired) electrons. The summed E-state index contributed by atoms with van der Waals surface area (Å²) in [6.45, 7) is 12.5. The lowest BCUT2D eigenvalue weighted by Gasteiger charge is -2.43. The Morgan fingerprint density at radius 3 is 1.93 bits per heavy atom. The smallest absolute Gasteiger partial charge is 0.261 e. The highest BCUT2D eigenvalue weighted by Crippen LogP contribution is 2.39. The summed E-state index contributed by atoms with van der Waals surface area (Å²) in [7, 11) is -2.99. The number of carbonyl (C=O) groups is 1. The van der Waals surface area contributed by atoms with Crippen LogP contribution in [-0.4, -0.2) is 45.3 Å². The van der Waals surface area contributed by atoms with Crippen molar-refractivity contribution < 1.29 is 22.7 Å². The summed E-state index contributed by atoms with van der Waals surface area (Å²) >= 11 is 5.77. The Kier molecular flexibility index (Phi) is 11.4. The molecule has 5 nitrogen and oxygen atoms in total. The van der Waals surface area contributed by atoms with Gasteiger partial charge in [-0.3, -0.25) is 4.79 Å². The fourth-order valence-electron chi connectivity index (χ4n) is 5.70. The van der Waals surface area contributed by atoms with Gasteiger partial charge in [-0.2, -0.15) is 5.26 Å². The molecule has 224 valence electrons. The molecular formula is C33H39ClF2N2O3Si. The van der Waals surface area contributed by atoms with Crippen LogP contribution in [0.15, 0.2) is 66.7 Å². The van der Waals surface area contributed by atoms with Crippen LogP contribution < -0.4 is 15.3 Å². The number of hydrogen-bond acceptors (Lipinski definition) is 5. The second kappa shape index (κ2) is 14.4. The Labute approximate surface area is 254 Å². The molecule has 3 aromatic carbocycles. The van der Waals surface area contributed by atoms with E-state index >= 15 is 8.78 Å². The summed E-state index contributed by atoms with van der Waals surface area (Å²) in [5.74, 6) is -3.36. The molecule has 42 heavy (non-hydrogen) atoms. The van der Waals surface area contributed by atoms with Crippen LogP contribution in [0, 0.1) is 23.0 Å². The zero-order chi connectivity index (χ0) is 31.1. The van der Waals surface area contributed by atoms with Gasteiger partial charge < -0.3 is 14.1 Å². The maximum atomic E-state index is 15.9. The van der Waals surface area contributed by atoms with Crippen LogP contribution in [0.4, 0.5) is 14.5 Å². The van der Waals surface area contributed by atoms with Crippen LogP contribution in [0.25, 0.3) is 0 Å². The molecule has 9 heteroatoms. The number of morpholine rings is 1. The number of benzene rings is 3. The van der Waals surface area contributed by atoms with E-state index in [1.165, 1.54) is 13.0 Å². The van der Waals surface area contributed by atoms with Crippen molar-refractivity contribution in [3.05, 3.63) is 89.5 Å². The standard InChI is InChI=1S/C31H36ClF2NO3Si.C2H3N/c1-21-18-35(19-22(2)38-21)30-23(16-26(27(36)17-32)28(33)29(30)34)20-37-39(31(3,4)5,24-12-8-6-9-13-24)25-14-10-7-11-15-25;1-2-3/h6-16,21-22H,17-20H2,1-5H3;1H3/t21-,22+;. The lowest BCUT2D eigenvalue weighted by molar-refractivity contribution is -0.00553. The molecule has 0 N–H and O–H groups in total. The van der Waals surface area contributed by atoms with Crippen molar-refractivity contribution in [1.29, 1.82) is 5.26 Å². The fourth-order valence-corrected chi connectivity index (χ4v) is 10.4. The number of Topliss-reactive ketones (excluding diaryl/α,β-unsaturated/α-hetero) is 1. The molecular weight excluding hydrogens is 574 g/mol. The topological polar surface area (TPSA) is 62.6 Å². The van der Waals surface area contributed by atoms with Crippen LogP contribution in [0.5, 0.6) is 0 Å². The number of nitriles is 1. The third-order valence-electron chi connectivity index (χ3n) is 7.28. The number of rotatable bonds is 8. The average Bonchev–Trinajstić information content (AvgIpc) is 2.95. The van der Waals surface area contributed by atoms with Crippen LogP contribution in [-0.2, 0) is 15.8 Å². The maximum absolute atomic E-state index is 15.9. The molecule has 0 spiro atoms. The highest BCUT2D eigenvalue weighted by Gasteiger charge is 2.50. The first kappa shape index (κ1) is 33.4. The Hall–Kier alpha value is -3.09. The highest BCUT2D eigenvalue weighted by atomic mass is 35.5. The van der Waals surface area contributed by atoms with Crippen molar-refractivity contribution in [2.24, 2.45) is 0 Å². The van der Waals surface area contributed by atoms with Gasteiger partial charge in [0.15, 0.2) is 17.4 Å². The minimum atomic E-state index is -2.99. The van der Waals surface area contributed by atoms with E-state index < -0.39 is 31.6 Å². The minimum Gasteiger partial charge on any atom is -0.403 e. The van der Waals surface area contributed by atoms with Gasteiger partial charge in [0.2, 0.25) is 0 Å². The van der Waals surface area contributed by atoms with E-state index in [9.17, 15) is 4.79 Å². The summed E-state index contributed by atoms with van der Waals surface area (Å²) < 4.78 is 44.0. The molecule has 0 aliphatic carbocycles. The molecule has 2 atom stereocenters. The molecule has 1 aliphatic rings. The summed E-state index contributed by atoms with van der Waals surface area (Å²) in [5.41, 5.74) is 0.164. The predicted molar refractivity (Wildman–Crippen MR) is 167 cm³/mol. The molecule has 1 saturated heterocycles. The molecule has 1 aliphatic heterocycles. The highest BCUT2D eigenvalue weighted by molar-refractivity contribution is 6.99. The van der Waals surface area contributed by atoms with E-state index in [-0.39, 0.29) is 35.1 Å². The van der Waals surface area contributed by atoms with Crippen LogP contribution in [0.3, 0.4) is 0 Å². The first-order chi connectivity index (χ1) is 19.9. The van der Waals surface area contributed by atoms with Gasteiger partial charge in [0.1, 0.15) is 0 Å². The number of anilines is 1. The summed E-state index contributed by atoms with van der Waals surface area (Å²) in [6.07, 6.45) is -0.350. The zero-order valence-corrected chi connectivity index (χ0v) is 26.8. The van der Waals surface area contributed by atoms with Crippen LogP contribution >= 0.6 is 11.6 Å². The van der Waals surface area contributed by atoms with Crippen molar-refractivity contribution in [2.45, 2.75) is 65.4 Å². The van der Waals surface area contributed by atoms with Crippen LogP contribution in [0.2, 0.25) is 5.04 Å². The van der Waals surface area contributed by atoms with Crippen molar-refractivity contribution in [3.63, 3.8) is 0 Å². The lowest BCUT2D eigenvalue weighted by atomic mass is 10.0. The molecule has 0 amide bonds. The van der Waals surface area contributed by atoms with Gasteiger partial charge in [-0.15, -0.1) is 11.6 Å². The normalized spacial score (nSPS) is 17.2. The molecule has 1 heterocycles. The predicted octanol–water partition coefficient (Wildman–Crippen LogP) is 6.61. The minimum absolute atomic E-state index is 0.0114. The number of nitrogens with zero attached hydrogens (tertiary/aromatic N) is 2.